The Bertz CT molecular complexity index is 1370. The van der Waals surface area contributed by atoms with E-state index in [1.54, 1.807) is 33.9 Å². The van der Waals surface area contributed by atoms with Crippen LogP contribution in [0.3, 0.4) is 0 Å². The molecular weight excluding hydrogens is 483 g/mol. The number of methoxy groups -OCH3 is 1. The Morgan fingerprint density at radius 1 is 1.27 bits per heavy atom. The molecule has 12 heteroatoms. The molecule has 0 radical (unpaired) electrons. The van der Waals surface area contributed by atoms with E-state index in [9.17, 15) is 19.2 Å². The molecule has 1 aromatic carbocycles. The highest BCUT2D eigenvalue weighted by Crippen LogP contribution is 2.32. The van der Waals surface area contributed by atoms with Crippen molar-refractivity contribution in [3.05, 3.63) is 58.8 Å². The zero-order chi connectivity index (χ0) is 27.3. The fourth-order valence-corrected chi connectivity index (χ4v) is 3.46. The summed E-state index contributed by atoms with van der Waals surface area (Å²) in [5, 5.41) is 16.7. The Labute approximate surface area is 212 Å². The maximum absolute atomic E-state index is 13.8. The Hall–Kier alpha value is -4.66. The summed E-state index contributed by atoms with van der Waals surface area (Å²) in [6.45, 7) is 5.00. The third-order valence-electron chi connectivity index (χ3n) is 5.05. The number of hydrogen-bond donors (Lipinski definition) is 2. The highest BCUT2D eigenvalue weighted by Gasteiger charge is 2.22. The summed E-state index contributed by atoms with van der Waals surface area (Å²) >= 11 is 0. The zero-order valence-electron chi connectivity index (χ0n) is 21.1. The van der Waals surface area contributed by atoms with Crippen LogP contribution >= 0.6 is 0 Å². The second-order valence-electron chi connectivity index (χ2n) is 8.95. The second kappa shape index (κ2) is 10.9. The molecule has 3 rings (SSSR count). The lowest BCUT2D eigenvalue weighted by atomic mass is 10.0. The van der Waals surface area contributed by atoms with Crippen LogP contribution in [0, 0.1) is 17.1 Å². The van der Waals surface area contributed by atoms with Gasteiger partial charge >= 0.3 is 12.1 Å². The fourth-order valence-electron chi connectivity index (χ4n) is 3.46. The topological polar surface area (TPSA) is 154 Å². The van der Waals surface area contributed by atoms with Gasteiger partial charge in [-0.15, -0.1) is 0 Å². The summed E-state index contributed by atoms with van der Waals surface area (Å²) in [6, 6.07) is 7.25. The molecule has 0 bridgehead atoms. The van der Waals surface area contributed by atoms with Crippen LogP contribution in [0.4, 0.5) is 15.0 Å². The van der Waals surface area contributed by atoms with Crippen LogP contribution in [0.1, 0.15) is 48.1 Å². The molecule has 0 saturated carbocycles. The summed E-state index contributed by atoms with van der Waals surface area (Å²) in [5.41, 5.74) is 7.17. The van der Waals surface area contributed by atoms with Gasteiger partial charge in [0.1, 0.15) is 29.8 Å². The molecule has 0 spiro atoms. The number of rotatable bonds is 7. The van der Waals surface area contributed by atoms with Gasteiger partial charge in [-0.2, -0.15) is 10.4 Å². The summed E-state index contributed by atoms with van der Waals surface area (Å²) in [6.07, 6.45) is 0.803. The first kappa shape index (κ1) is 26.9. The van der Waals surface area contributed by atoms with E-state index in [2.05, 4.69) is 21.5 Å². The summed E-state index contributed by atoms with van der Waals surface area (Å²) in [4.78, 5) is 28.3. The minimum absolute atomic E-state index is 0.0217. The first-order valence-corrected chi connectivity index (χ1v) is 11.1. The number of halogens is 1. The zero-order valence-corrected chi connectivity index (χ0v) is 21.1. The number of hydrogen-bond acceptors (Lipinski definition) is 9. The average Bonchev–Trinajstić information content (AvgIpc) is 3.15. The Balaban J connectivity index is 1.92. The third-order valence-corrected chi connectivity index (χ3v) is 5.05. The summed E-state index contributed by atoms with van der Waals surface area (Å²) in [7, 11) is 2.82. The van der Waals surface area contributed by atoms with Crippen molar-refractivity contribution >= 4 is 17.9 Å². The highest BCUT2D eigenvalue weighted by molar-refractivity contribution is 5.91. The van der Waals surface area contributed by atoms with E-state index in [0.717, 1.165) is 12.1 Å². The SMILES string of the molecule is COC(=O)c1ccc(F)cc1COc1cc(-c2c(CNC(=O)OC(C)(C)C)nn(C)c2C#N)cnc1N. The van der Waals surface area contributed by atoms with Crippen molar-refractivity contribution in [3.63, 3.8) is 0 Å². The van der Waals surface area contributed by atoms with Gasteiger partial charge in [-0.05, 0) is 45.0 Å². The fraction of sp³-hybridized carbons (Fsp3) is 0.320. The number of nitrogen functional groups attached to an aromatic ring is 1. The van der Waals surface area contributed by atoms with E-state index in [4.69, 9.17) is 19.9 Å². The summed E-state index contributed by atoms with van der Waals surface area (Å²) in [5.74, 6) is -1.02. The number of nitrogens with zero attached hydrogens (tertiary/aromatic N) is 4. The van der Waals surface area contributed by atoms with Gasteiger partial charge in [0.05, 0.1) is 24.9 Å². The minimum Gasteiger partial charge on any atom is -0.485 e. The van der Waals surface area contributed by atoms with Gasteiger partial charge in [0.15, 0.2) is 11.6 Å². The van der Waals surface area contributed by atoms with Gasteiger partial charge in [0.25, 0.3) is 0 Å². The van der Waals surface area contributed by atoms with Crippen molar-refractivity contribution in [2.24, 2.45) is 7.05 Å². The highest BCUT2D eigenvalue weighted by atomic mass is 19.1. The first-order valence-electron chi connectivity index (χ1n) is 11.1. The molecule has 11 nitrogen and oxygen atoms in total. The summed E-state index contributed by atoms with van der Waals surface area (Å²) < 4.78 is 31.0. The molecular formula is C25H27FN6O5. The molecule has 37 heavy (non-hydrogen) atoms. The van der Waals surface area contributed by atoms with Crippen LogP contribution in [0.2, 0.25) is 0 Å². The van der Waals surface area contributed by atoms with Gasteiger partial charge in [-0.1, -0.05) is 0 Å². The average molecular weight is 511 g/mol. The number of nitrogens with one attached hydrogen (secondary N) is 1. The van der Waals surface area contributed by atoms with Crippen molar-refractivity contribution < 1.29 is 28.2 Å². The molecule has 0 fully saturated rings. The smallest absolute Gasteiger partial charge is 0.407 e. The molecule has 0 aliphatic carbocycles. The third kappa shape index (κ3) is 6.52. The van der Waals surface area contributed by atoms with Crippen LogP contribution in [0.15, 0.2) is 30.5 Å². The van der Waals surface area contributed by atoms with Crippen molar-refractivity contribution in [2.75, 3.05) is 12.8 Å². The van der Waals surface area contributed by atoms with E-state index in [1.807, 2.05) is 0 Å². The van der Waals surface area contributed by atoms with E-state index in [0.29, 0.717) is 16.8 Å². The number of ether oxygens (including phenoxy) is 3. The van der Waals surface area contributed by atoms with Crippen molar-refractivity contribution in [1.29, 1.82) is 5.26 Å². The first-order chi connectivity index (χ1) is 17.4. The van der Waals surface area contributed by atoms with Crippen LogP contribution in [-0.4, -0.2) is 39.5 Å². The number of anilines is 1. The van der Waals surface area contributed by atoms with Gasteiger partial charge in [0.2, 0.25) is 0 Å². The quantitative estimate of drug-likeness (QED) is 0.455. The van der Waals surface area contributed by atoms with Gasteiger partial charge in [-0.3, -0.25) is 4.68 Å². The molecule has 0 aliphatic heterocycles. The maximum atomic E-state index is 13.8. The predicted molar refractivity (Wildman–Crippen MR) is 131 cm³/mol. The minimum atomic E-state index is -0.683. The molecule has 3 aromatic rings. The van der Waals surface area contributed by atoms with Gasteiger partial charge in [0, 0.05) is 29.9 Å². The number of aryl methyl sites for hydroxylation is 1. The molecule has 3 N–H and O–H groups in total. The molecule has 2 aromatic heterocycles. The molecule has 0 atom stereocenters. The number of carbonyl (C=O) groups excluding carboxylic acids is 2. The molecule has 0 saturated heterocycles. The normalized spacial score (nSPS) is 10.9. The van der Waals surface area contributed by atoms with Crippen molar-refractivity contribution in [2.45, 2.75) is 39.5 Å². The van der Waals surface area contributed by atoms with E-state index < -0.39 is 23.5 Å². The maximum Gasteiger partial charge on any atom is 0.407 e. The Kier molecular flexibility index (Phi) is 7.97. The molecule has 0 unspecified atom stereocenters. The lowest BCUT2D eigenvalue weighted by molar-refractivity contribution is 0.0521. The van der Waals surface area contributed by atoms with E-state index >= 15 is 0 Å². The number of benzene rings is 1. The number of nitrogens with two attached hydrogens (primary N) is 1. The largest absolute Gasteiger partial charge is 0.485 e. The lowest BCUT2D eigenvalue weighted by Gasteiger charge is -2.19. The second-order valence-corrected chi connectivity index (χ2v) is 8.95. The number of amides is 1. The predicted octanol–water partition coefficient (Wildman–Crippen LogP) is 3.47. The monoisotopic (exact) mass is 510 g/mol. The van der Waals surface area contributed by atoms with Gasteiger partial charge < -0.3 is 25.3 Å². The number of alkyl carbamates (subject to hydrolysis) is 1. The van der Waals surface area contributed by atoms with E-state index in [1.165, 1.54) is 24.1 Å². The number of carbonyl (C=O) groups is 2. The number of aromatic nitrogens is 3. The van der Waals surface area contributed by atoms with Crippen LogP contribution in [0.5, 0.6) is 5.75 Å². The molecule has 2 heterocycles. The molecule has 1 amide bonds. The van der Waals surface area contributed by atoms with E-state index in [-0.39, 0.29) is 41.5 Å². The van der Waals surface area contributed by atoms with Crippen molar-refractivity contribution in [1.82, 2.24) is 20.1 Å². The van der Waals surface area contributed by atoms with Crippen LogP contribution in [0.25, 0.3) is 11.1 Å². The van der Waals surface area contributed by atoms with Crippen LogP contribution < -0.4 is 15.8 Å². The lowest BCUT2D eigenvalue weighted by Crippen LogP contribution is -2.32. The molecule has 194 valence electrons. The Morgan fingerprint density at radius 2 is 2.00 bits per heavy atom. The number of pyridine rings is 1. The Morgan fingerprint density at radius 3 is 2.65 bits per heavy atom. The molecule has 0 aliphatic rings. The standard InChI is InChI=1S/C25H27FN6O5/c1-25(2,3)37-24(34)30-12-18-21(19(10-27)32(4)31-18)14-9-20(22(28)29-11-14)36-13-15-8-16(26)6-7-17(15)23(33)35-5/h6-9,11H,12-13H2,1-5H3,(H2,28,29)(H,30,34). The number of esters is 1. The van der Waals surface area contributed by atoms with Crippen molar-refractivity contribution in [3.8, 4) is 22.9 Å². The number of nitriles is 1. The van der Waals surface area contributed by atoms with Gasteiger partial charge in [-0.25, -0.2) is 19.0 Å². The van der Waals surface area contributed by atoms with Crippen LogP contribution in [-0.2, 0) is 29.7 Å².